The summed E-state index contributed by atoms with van der Waals surface area (Å²) in [4.78, 5) is 16.1. The fourth-order valence-corrected chi connectivity index (χ4v) is 1.72. The molecule has 0 aliphatic heterocycles. The smallest absolute Gasteiger partial charge is 0.253 e. The molecule has 1 aromatic heterocycles. The van der Waals surface area contributed by atoms with E-state index < -0.39 is 0 Å². The second kappa shape index (κ2) is 5.56. The van der Waals surface area contributed by atoms with E-state index in [1.807, 2.05) is 19.9 Å². The van der Waals surface area contributed by atoms with Crippen LogP contribution in [0.15, 0.2) is 28.8 Å². The standard InChI is InChI=1S/C14H17N3O2/c1-3-10-7-16-12(19-10)8-17-14(18)11-6-4-5-9(2)13(11)15/h4-7H,3,8,15H2,1-2H3,(H,17,18). The van der Waals surface area contributed by atoms with Gasteiger partial charge in [0.2, 0.25) is 5.89 Å². The van der Waals surface area contributed by atoms with Crippen LogP contribution in [0, 0.1) is 6.92 Å². The molecule has 2 rings (SSSR count). The van der Waals surface area contributed by atoms with E-state index in [0.29, 0.717) is 17.1 Å². The van der Waals surface area contributed by atoms with Crippen LogP contribution in [0.5, 0.6) is 0 Å². The van der Waals surface area contributed by atoms with Crippen molar-refractivity contribution < 1.29 is 9.21 Å². The number of nitrogens with two attached hydrogens (primary N) is 1. The minimum absolute atomic E-state index is 0.225. The van der Waals surface area contributed by atoms with E-state index in [-0.39, 0.29) is 12.5 Å². The molecule has 0 bridgehead atoms. The Labute approximate surface area is 111 Å². The SMILES string of the molecule is CCc1cnc(CNC(=O)c2cccc(C)c2N)o1. The van der Waals surface area contributed by atoms with Gasteiger partial charge in [0.25, 0.3) is 5.91 Å². The predicted octanol–water partition coefficient (Wildman–Crippen LogP) is 2.06. The average molecular weight is 259 g/mol. The van der Waals surface area contributed by atoms with Crippen molar-refractivity contribution in [1.82, 2.24) is 10.3 Å². The number of oxazole rings is 1. The molecular formula is C14H17N3O2. The topological polar surface area (TPSA) is 81.2 Å². The van der Waals surface area contributed by atoms with Gasteiger partial charge in [-0.05, 0) is 18.6 Å². The first-order valence-corrected chi connectivity index (χ1v) is 6.18. The monoisotopic (exact) mass is 259 g/mol. The van der Waals surface area contributed by atoms with Gasteiger partial charge in [0.05, 0.1) is 18.3 Å². The van der Waals surface area contributed by atoms with Crippen LogP contribution < -0.4 is 11.1 Å². The third-order valence-electron chi connectivity index (χ3n) is 2.92. The summed E-state index contributed by atoms with van der Waals surface area (Å²) in [6.45, 7) is 4.11. The van der Waals surface area contributed by atoms with Crippen LogP contribution in [0.4, 0.5) is 5.69 Å². The first-order valence-electron chi connectivity index (χ1n) is 6.18. The lowest BCUT2D eigenvalue weighted by Crippen LogP contribution is -2.24. The molecule has 1 amide bonds. The first-order chi connectivity index (χ1) is 9.11. The number of nitrogens with zero attached hydrogens (tertiary/aromatic N) is 1. The summed E-state index contributed by atoms with van der Waals surface area (Å²) >= 11 is 0. The average Bonchev–Trinajstić information content (AvgIpc) is 2.87. The number of carbonyl (C=O) groups excluding carboxylic acids is 1. The highest BCUT2D eigenvalue weighted by atomic mass is 16.4. The van der Waals surface area contributed by atoms with Crippen molar-refractivity contribution >= 4 is 11.6 Å². The van der Waals surface area contributed by atoms with Crippen LogP contribution >= 0.6 is 0 Å². The van der Waals surface area contributed by atoms with E-state index in [1.54, 1.807) is 18.3 Å². The van der Waals surface area contributed by atoms with Crippen LogP contribution in [-0.4, -0.2) is 10.9 Å². The fourth-order valence-electron chi connectivity index (χ4n) is 1.72. The van der Waals surface area contributed by atoms with Crippen LogP contribution in [0.2, 0.25) is 0 Å². The fraction of sp³-hybridized carbons (Fsp3) is 0.286. The molecule has 1 aromatic carbocycles. The van der Waals surface area contributed by atoms with Gasteiger partial charge < -0.3 is 15.5 Å². The molecule has 0 saturated heterocycles. The Hall–Kier alpha value is -2.30. The molecular weight excluding hydrogens is 242 g/mol. The summed E-state index contributed by atoms with van der Waals surface area (Å²) in [6.07, 6.45) is 2.45. The molecule has 3 N–H and O–H groups in total. The molecule has 1 heterocycles. The molecule has 2 aromatic rings. The predicted molar refractivity (Wildman–Crippen MR) is 72.6 cm³/mol. The summed E-state index contributed by atoms with van der Waals surface area (Å²) in [6, 6.07) is 5.37. The van der Waals surface area contributed by atoms with Crippen molar-refractivity contribution in [3.05, 3.63) is 47.2 Å². The van der Waals surface area contributed by atoms with Gasteiger partial charge in [-0.2, -0.15) is 0 Å². The van der Waals surface area contributed by atoms with Crippen molar-refractivity contribution in [3.8, 4) is 0 Å². The largest absolute Gasteiger partial charge is 0.444 e. The molecule has 100 valence electrons. The molecule has 0 unspecified atom stereocenters. The molecule has 5 nitrogen and oxygen atoms in total. The number of nitrogens with one attached hydrogen (secondary N) is 1. The number of rotatable bonds is 4. The van der Waals surface area contributed by atoms with E-state index in [9.17, 15) is 4.79 Å². The van der Waals surface area contributed by atoms with Gasteiger partial charge in [0.15, 0.2) is 0 Å². The van der Waals surface area contributed by atoms with Crippen LogP contribution in [0.1, 0.15) is 34.5 Å². The van der Waals surface area contributed by atoms with Crippen molar-refractivity contribution in [2.75, 3.05) is 5.73 Å². The minimum atomic E-state index is -0.225. The number of aryl methyl sites for hydroxylation is 2. The van der Waals surface area contributed by atoms with Crippen molar-refractivity contribution in [2.45, 2.75) is 26.8 Å². The molecule has 0 atom stereocenters. The lowest BCUT2D eigenvalue weighted by atomic mass is 10.1. The number of benzene rings is 1. The van der Waals surface area contributed by atoms with Crippen molar-refractivity contribution in [3.63, 3.8) is 0 Å². The maximum absolute atomic E-state index is 12.0. The number of hydrogen-bond acceptors (Lipinski definition) is 4. The Morgan fingerprint density at radius 2 is 2.26 bits per heavy atom. The minimum Gasteiger partial charge on any atom is -0.444 e. The Morgan fingerprint density at radius 3 is 2.95 bits per heavy atom. The molecule has 0 fully saturated rings. The summed E-state index contributed by atoms with van der Waals surface area (Å²) in [5.41, 5.74) is 7.74. The van der Waals surface area contributed by atoms with E-state index in [0.717, 1.165) is 17.7 Å². The number of hydrogen-bond donors (Lipinski definition) is 2. The van der Waals surface area contributed by atoms with Gasteiger partial charge in [0.1, 0.15) is 5.76 Å². The van der Waals surface area contributed by atoms with Gasteiger partial charge >= 0.3 is 0 Å². The molecule has 19 heavy (non-hydrogen) atoms. The Kier molecular flexibility index (Phi) is 3.85. The lowest BCUT2D eigenvalue weighted by Gasteiger charge is -2.07. The molecule has 0 aliphatic rings. The van der Waals surface area contributed by atoms with Crippen LogP contribution in [0.25, 0.3) is 0 Å². The zero-order chi connectivity index (χ0) is 13.8. The second-order valence-corrected chi connectivity index (χ2v) is 4.29. The van der Waals surface area contributed by atoms with E-state index in [2.05, 4.69) is 10.3 Å². The number of amides is 1. The van der Waals surface area contributed by atoms with Gasteiger partial charge in [-0.25, -0.2) is 4.98 Å². The highest BCUT2D eigenvalue weighted by Gasteiger charge is 2.11. The second-order valence-electron chi connectivity index (χ2n) is 4.29. The zero-order valence-electron chi connectivity index (χ0n) is 11.1. The normalized spacial score (nSPS) is 10.4. The summed E-state index contributed by atoms with van der Waals surface area (Å²) < 4.78 is 5.42. The third kappa shape index (κ3) is 2.93. The van der Waals surface area contributed by atoms with Gasteiger partial charge in [-0.15, -0.1) is 0 Å². The first kappa shape index (κ1) is 13.1. The quantitative estimate of drug-likeness (QED) is 0.823. The molecule has 0 saturated carbocycles. The molecule has 0 radical (unpaired) electrons. The van der Waals surface area contributed by atoms with E-state index >= 15 is 0 Å². The van der Waals surface area contributed by atoms with E-state index in [1.165, 1.54) is 0 Å². The third-order valence-corrected chi connectivity index (χ3v) is 2.92. The van der Waals surface area contributed by atoms with Gasteiger partial charge in [0, 0.05) is 12.1 Å². The van der Waals surface area contributed by atoms with Crippen molar-refractivity contribution in [1.29, 1.82) is 0 Å². The number of aromatic nitrogens is 1. The maximum atomic E-state index is 12.0. The summed E-state index contributed by atoms with van der Waals surface area (Å²) in [5, 5.41) is 2.75. The van der Waals surface area contributed by atoms with Crippen LogP contribution in [0.3, 0.4) is 0 Å². The van der Waals surface area contributed by atoms with E-state index in [4.69, 9.17) is 10.2 Å². The summed E-state index contributed by atoms with van der Waals surface area (Å²) in [7, 11) is 0. The Bertz CT molecular complexity index is 590. The number of carbonyl (C=O) groups is 1. The molecule has 0 spiro atoms. The zero-order valence-corrected chi connectivity index (χ0v) is 11.1. The molecule has 5 heteroatoms. The van der Waals surface area contributed by atoms with Crippen LogP contribution in [-0.2, 0) is 13.0 Å². The maximum Gasteiger partial charge on any atom is 0.253 e. The highest BCUT2D eigenvalue weighted by molar-refractivity contribution is 5.99. The lowest BCUT2D eigenvalue weighted by molar-refractivity contribution is 0.0948. The molecule has 0 aliphatic carbocycles. The Balaban J connectivity index is 2.03. The van der Waals surface area contributed by atoms with Gasteiger partial charge in [-0.1, -0.05) is 19.1 Å². The number of anilines is 1. The number of nitrogen functional groups attached to an aromatic ring is 1. The number of para-hydroxylation sites is 1. The van der Waals surface area contributed by atoms with Gasteiger partial charge in [-0.3, -0.25) is 4.79 Å². The summed E-state index contributed by atoms with van der Waals surface area (Å²) in [5.74, 6) is 1.08. The Morgan fingerprint density at radius 1 is 1.47 bits per heavy atom. The van der Waals surface area contributed by atoms with Crippen molar-refractivity contribution in [2.24, 2.45) is 0 Å². The highest BCUT2D eigenvalue weighted by Crippen LogP contribution is 2.16.